The lowest BCUT2D eigenvalue weighted by Gasteiger charge is -2.32. The summed E-state index contributed by atoms with van der Waals surface area (Å²) in [6.45, 7) is 2.29. The van der Waals surface area contributed by atoms with Crippen LogP contribution in [0.25, 0.3) is 0 Å². The Hall–Kier alpha value is -3.40. The number of hydrogen-bond donors (Lipinski definition) is 1. The maximum Gasteiger partial charge on any atom is 0.269 e. The Morgan fingerprint density at radius 3 is 2.26 bits per heavy atom. The second-order valence-electron chi connectivity index (χ2n) is 10.1. The van der Waals surface area contributed by atoms with E-state index in [1.54, 1.807) is 30.3 Å². The average Bonchev–Trinajstić information content (AvgIpc) is 3.17. The number of hydrogen-bond acceptors (Lipinski definition) is 5. The molecule has 0 aliphatic carbocycles. The molecule has 1 heterocycles. The minimum absolute atomic E-state index is 0.0254. The first-order chi connectivity index (χ1) is 20.1. The molecule has 0 fully saturated rings. The largest absolute Gasteiger partial charge is 0.354 e. The molecule has 3 aromatic rings. The third-order valence-corrected chi connectivity index (χ3v) is 9.70. The van der Waals surface area contributed by atoms with Crippen molar-refractivity contribution in [1.82, 2.24) is 14.5 Å². The Morgan fingerprint density at radius 2 is 1.60 bits per heavy atom. The van der Waals surface area contributed by atoms with Gasteiger partial charge in [0.05, 0.1) is 5.56 Å². The molecule has 1 unspecified atom stereocenters. The highest BCUT2D eigenvalue weighted by atomic mass is 35.5. The molecule has 0 radical (unpaired) electrons. The molecule has 222 valence electrons. The predicted octanol–water partition coefficient (Wildman–Crippen LogP) is 5.47. The van der Waals surface area contributed by atoms with Gasteiger partial charge in [-0.1, -0.05) is 85.1 Å². The summed E-state index contributed by atoms with van der Waals surface area (Å²) in [6.07, 6.45) is 1.89. The summed E-state index contributed by atoms with van der Waals surface area (Å²) in [5.74, 6) is -1.31. The van der Waals surface area contributed by atoms with Crippen molar-refractivity contribution in [3.8, 4) is 0 Å². The Morgan fingerprint density at radius 1 is 0.929 bits per heavy atom. The zero-order valence-electron chi connectivity index (χ0n) is 23.3. The van der Waals surface area contributed by atoms with Crippen molar-refractivity contribution in [2.75, 3.05) is 13.1 Å². The van der Waals surface area contributed by atoms with Gasteiger partial charge in [-0.3, -0.25) is 14.4 Å². The van der Waals surface area contributed by atoms with Gasteiger partial charge in [0.15, 0.2) is 0 Å². The molecule has 0 spiro atoms. The molecule has 8 nitrogen and oxygen atoms in total. The number of halogens is 2. The van der Waals surface area contributed by atoms with E-state index in [4.69, 9.17) is 23.2 Å². The van der Waals surface area contributed by atoms with Gasteiger partial charge in [-0.15, -0.1) is 0 Å². The van der Waals surface area contributed by atoms with Gasteiger partial charge in [0.25, 0.3) is 15.9 Å². The zero-order chi connectivity index (χ0) is 30.3. The maximum absolute atomic E-state index is 13.9. The van der Waals surface area contributed by atoms with Crippen LogP contribution in [0.1, 0.15) is 54.1 Å². The van der Waals surface area contributed by atoms with E-state index in [0.29, 0.717) is 22.2 Å². The molecule has 0 bridgehead atoms. The van der Waals surface area contributed by atoms with Crippen LogP contribution < -0.4 is 5.32 Å². The number of benzene rings is 3. The van der Waals surface area contributed by atoms with Gasteiger partial charge in [0.2, 0.25) is 11.8 Å². The smallest absolute Gasteiger partial charge is 0.269 e. The van der Waals surface area contributed by atoms with Crippen LogP contribution in [0.3, 0.4) is 0 Å². The highest BCUT2D eigenvalue weighted by molar-refractivity contribution is 7.90. The SMILES string of the molecule is CCCCNC(=O)C(Cc1ccccc1)N(Cc1c(Cl)cccc1Cl)C(=O)CCCN1C(=O)c2ccccc2S1(=O)=O. The van der Waals surface area contributed by atoms with E-state index < -0.39 is 22.0 Å². The van der Waals surface area contributed by atoms with Crippen LogP contribution in [0.5, 0.6) is 0 Å². The van der Waals surface area contributed by atoms with E-state index >= 15 is 0 Å². The summed E-state index contributed by atoms with van der Waals surface area (Å²) < 4.78 is 26.8. The van der Waals surface area contributed by atoms with Crippen LogP contribution >= 0.6 is 23.2 Å². The molecule has 4 rings (SSSR count). The first kappa shape index (κ1) is 31.5. The number of unbranched alkanes of at least 4 members (excludes halogenated alkanes) is 1. The zero-order valence-corrected chi connectivity index (χ0v) is 25.6. The Balaban J connectivity index is 1.59. The molecule has 42 heavy (non-hydrogen) atoms. The van der Waals surface area contributed by atoms with Gasteiger partial charge >= 0.3 is 0 Å². The Bertz CT molecular complexity index is 1530. The summed E-state index contributed by atoms with van der Waals surface area (Å²) >= 11 is 12.9. The Kier molecular flexibility index (Phi) is 10.6. The van der Waals surface area contributed by atoms with Gasteiger partial charge in [-0.25, -0.2) is 12.7 Å². The van der Waals surface area contributed by atoms with Gasteiger partial charge in [-0.2, -0.15) is 0 Å². The van der Waals surface area contributed by atoms with Crippen LogP contribution in [0.4, 0.5) is 0 Å². The number of carbonyl (C=O) groups excluding carboxylic acids is 3. The van der Waals surface area contributed by atoms with E-state index in [9.17, 15) is 22.8 Å². The Labute approximate surface area is 256 Å². The number of amides is 3. The number of nitrogens with one attached hydrogen (secondary N) is 1. The van der Waals surface area contributed by atoms with E-state index in [1.807, 2.05) is 37.3 Å². The maximum atomic E-state index is 13.9. The van der Waals surface area contributed by atoms with Crippen molar-refractivity contribution >= 4 is 50.9 Å². The second kappa shape index (κ2) is 14.2. The van der Waals surface area contributed by atoms with Gasteiger partial charge < -0.3 is 10.2 Å². The van der Waals surface area contributed by atoms with E-state index in [-0.39, 0.29) is 54.6 Å². The molecule has 11 heteroatoms. The molecule has 0 saturated heterocycles. The van der Waals surface area contributed by atoms with E-state index in [0.717, 1.165) is 22.7 Å². The number of nitrogens with zero attached hydrogens (tertiary/aromatic N) is 2. The molecular weight excluding hydrogens is 597 g/mol. The van der Waals surface area contributed by atoms with Crippen molar-refractivity contribution in [2.45, 2.75) is 56.5 Å². The first-order valence-corrected chi connectivity index (χ1v) is 16.0. The standard InChI is InChI=1S/C31H33Cl2N3O5S/c1-2-3-18-34-30(38)27(20-22-11-5-4-6-12-22)35(21-24-25(32)14-9-15-26(24)33)29(37)17-10-19-36-31(39)23-13-7-8-16-28(23)42(36,40)41/h4-9,11-16,27H,2-3,10,17-21H2,1H3,(H,34,38). The number of sulfonamides is 1. The molecule has 1 N–H and O–H groups in total. The fourth-order valence-electron chi connectivity index (χ4n) is 4.88. The number of rotatable bonds is 13. The predicted molar refractivity (Wildman–Crippen MR) is 163 cm³/mol. The number of carbonyl (C=O) groups is 3. The van der Waals surface area contributed by atoms with Crippen LogP contribution in [0, 0.1) is 0 Å². The van der Waals surface area contributed by atoms with Gasteiger partial charge in [-0.05, 0) is 42.7 Å². The van der Waals surface area contributed by atoms with Crippen molar-refractivity contribution in [3.63, 3.8) is 0 Å². The van der Waals surface area contributed by atoms with Crippen LogP contribution in [-0.4, -0.2) is 54.5 Å². The topological polar surface area (TPSA) is 104 Å². The highest BCUT2D eigenvalue weighted by Crippen LogP contribution is 2.31. The highest BCUT2D eigenvalue weighted by Gasteiger charge is 2.40. The molecular formula is C31H33Cl2N3O5S. The quantitative estimate of drug-likeness (QED) is 0.252. The van der Waals surface area contributed by atoms with Crippen LogP contribution in [0.15, 0.2) is 77.7 Å². The second-order valence-corrected chi connectivity index (χ2v) is 12.7. The van der Waals surface area contributed by atoms with Crippen molar-refractivity contribution in [1.29, 1.82) is 0 Å². The molecule has 1 atom stereocenters. The first-order valence-electron chi connectivity index (χ1n) is 13.8. The van der Waals surface area contributed by atoms with Crippen molar-refractivity contribution in [2.24, 2.45) is 0 Å². The van der Waals surface area contributed by atoms with Gasteiger partial charge in [0.1, 0.15) is 10.9 Å². The van der Waals surface area contributed by atoms with E-state index in [1.165, 1.54) is 17.0 Å². The summed E-state index contributed by atoms with van der Waals surface area (Å²) in [5.41, 5.74) is 1.48. The summed E-state index contributed by atoms with van der Waals surface area (Å²) in [6, 6.07) is 19.6. The van der Waals surface area contributed by atoms with Gasteiger partial charge in [0, 0.05) is 48.1 Å². The summed E-state index contributed by atoms with van der Waals surface area (Å²) in [4.78, 5) is 41.7. The normalized spacial score (nSPS) is 14.4. The molecule has 1 aliphatic rings. The fourth-order valence-corrected chi connectivity index (χ4v) is 7.01. The van der Waals surface area contributed by atoms with Crippen LogP contribution in [-0.2, 0) is 32.6 Å². The average molecular weight is 631 g/mol. The lowest BCUT2D eigenvalue weighted by molar-refractivity contribution is -0.141. The van der Waals surface area contributed by atoms with Crippen LogP contribution in [0.2, 0.25) is 10.0 Å². The molecule has 3 aromatic carbocycles. The third-order valence-electron chi connectivity index (χ3n) is 7.15. The molecule has 3 amide bonds. The summed E-state index contributed by atoms with van der Waals surface area (Å²) in [5, 5.41) is 3.67. The fraction of sp³-hybridized carbons (Fsp3) is 0.323. The number of fused-ring (bicyclic) bond motifs is 1. The minimum atomic E-state index is -4.00. The lowest BCUT2D eigenvalue weighted by Crippen LogP contribution is -2.50. The van der Waals surface area contributed by atoms with Crippen molar-refractivity contribution < 1.29 is 22.8 Å². The minimum Gasteiger partial charge on any atom is -0.354 e. The summed E-state index contributed by atoms with van der Waals surface area (Å²) in [7, 11) is -4.00. The monoisotopic (exact) mass is 629 g/mol. The lowest BCUT2D eigenvalue weighted by atomic mass is 10.0. The molecule has 1 aliphatic heterocycles. The van der Waals surface area contributed by atoms with E-state index in [2.05, 4.69) is 5.32 Å². The molecule has 0 aromatic heterocycles. The van der Waals surface area contributed by atoms with Crippen molar-refractivity contribution in [3.05, 3.63) is 99.5 Å². The molecule has 0 saturated carbocycles. The third kappa shape index (κ3) is 7.14.